The van der Waals surface area contributed by atoms with Gasteiger partial charge in [-0.1, -0.05) is 6.92 Å². The van der Waals surface area contributed by atoms with Crippen molar-refractivity contribution in [2.45, 2.75) is 64.6 Å². The van der Waals surface area contributed by atoms with Crippen LogP contribution in [-0.4, -0.2) is 18.2 Å². The van der Waals surface area contributed by atoms with Gasteiger partial charge in [-0.05, 0) is 52.2 Å². The maximum Gasteiger partial charge on any atom is 0.120 e. The second-order valence-electron chi connectivity index (χ2n) is 5.68. The Morgan fingerprint density at radius 3 is 2.89 bits per heavy atom. The van der Waals surface area contributed by atoms with Gasteiger partial charge in [0.2, 0.25) is 0 Å². The van der Waals surface area contributed by atoms with Gasteiger partial charge in [0.15, 0.2) is 0 Å². The van der Waals surface area contributed by atoms with Gasteiger partial charge in [-0.15, -0.1) is 0 Å². The van der Waals surface area contributed by atoms with Crippen molar-refractivity contribution < 1.29 is 9.15 Å². The van der Waals surface area contributed by atoms with Crippen LogP contribution in [0.4, 0.5) is 0 Å². The minimum atomic E-state index is 0.0364. The van der Waals surface area contributed by atoms with E-state index in [9.17, 15) is 0 Å². The highest BCUT2D eigenvalue weighted by molar-refractivity contribution is 5.09. The van der Waals surface area contributed by atoms with Crippen molar-refractivity contribution >= 4 is 0 Å². The molecule has 0 aromatic carbocycles. The molecule has 2 rings (SSSR count). The van der Waals surface area contributed by atoms with Gasteiger partial charge in [-0.2, -0.15) is 0 Å². The fraction of sp³-hybridized carbons (Fsp3) is 0.733. The zero-order valence-corrected chi connectivity index (χ0v) is 12.0. The van der Waals surface area contributed by atoms with E-state index in [1.807, 2.05) is 13.0 Å². The zero-order chi connectivity index (χ0) is 13.2. The molecule has 3 atom stereocenters. The monoisotopic (exact) mass is 251 g/mol. The molecule has 0 amide bonds. The van der Waals surface area contributed by atoms with Crippen molar-refractivity contribution in [1.29, 1.82) is 0 Å². The predicted octanol–water partition coefficient (Wildman–Crippen LogP) is 3.59. The highest BCUT2D eigenvalue weighted by Gasteiger charge is 2.32. The normalized spacial score (nSPS) is 30.3. The minimum Gasteiger partial charge on any atom is -0.465 e. The number of hydrogen-bond acceptors (Lipinski definition) is 3. The van der Waals surface area contributed by atoms with Crippen molar-refractivity contribution in [3.05, 3.63) is 23.7 Å². The van der Waals surface area contributed by atoms with Gasteiger partial charge in [0.05, 0.1) is 11.6 Å². The molecule has 1 aliphatic rings. The smallest absolute Gasteiger partial charge is 0.120 e. The number of rotatable bonds is 4. The average Bonchev–Trinajstić information content (AvgIpc) is 2.76. The number of hydrogen-bond donors (Lipinski definition) is 1. The lowest BCUT2D eigenvalue weighted by atomic mass is 9.89. The molecule has 18 heavy (non-hydrogen) atoms. The largest absolute Gasteiger partial charge is 0.465 e. The van der Waals surface area contributed by atoms with Crippen molar-refractivity contribution in [2.75, 3.05) is 6.61 Å². The summed E-state index contributed by atoms with van der Waals surface area (Å²) in [6, 6.07) is 4.87. The summed E-state index contributed by atoms with van der Waals surface area (Å²) in [5.41, 5.74) is 0.0364. The molecule has 0 bridgehead atoms. The first-order valence-corrected chi connectivity index (χ1v) is 6.99. The van der Waals surface area contributed by atoms with Crippen molar-refractivity contribution in [3.63, 3.8) is 0 Å². The van der Waals surface area contributed by atoms with E-state index in [1.165, 1.54) is 0 Å². The Kier molecular flexibility index (Phi) is 4.13. The highest BCUT2D eigenvalue weighted by Crippen LogP contribution is 2.29. The Labute approximate surface area is 110 Å². The molecule has 3 unspecified atom stereocenters. The van der Waals surface area contributed by atoms with Crippen LogP contribution in [0.2, 0.25) is 0 Å². The van der Waals surface area contributed by atoms with Crippen molar-refractivity contribution in [1.82, 2.24) is 5.32 Å². The maximum absolute atomic E-state index is 5.87. The molecule has 1 aromatic heterocycles. The molecule has 0 saturated carbocycles. The third-order valence-electron chi connectivity index (χ3n) is 4.02. The van der Waals surface area contributed by atoms with Crippen molar-refractivity contribution in [3.8, 4) is 0 Å². The van der Waals surface area contributed by atoms with Gasteiger partial charge in [0.1, 0.15) is 11.5 Å². The summed E-state index contributed by atoms with van der Waals surface area (Å²) in [4.78, 5) is 0. The number of furan rings is 1. The topological polar surface area (TPSA) is 34.4 Å². The van der Waals surface area contributed by atoms with Crippen LogP contribution >= 0.6 is 0 Å². The Balaban J connectivity index is 1.93. The Morgan fingerprint density at radius 2 is 2.28 bits per heavy atom. The summed E-state index contributed by atoms with van der Waals surface area (Å²) >= 11 is 0. The Hall–Kier alpha value is -0.800. The fourth-order valence-corrected chi connectivity index (χ4v) is 2.64. The zero-order valence-electron chi connectivity index (χ0n) is 12.0. The van der Waals surface area contributed by atoms with E-state index in [-0.39, 0.29) is 11.6 Å². The first-order chi connectivity index (χ1) is 8.52. The number of nitrogens with one attached hydrogen (secondary N) is 1. The molecule has 0 radical (unpaired) electrons. The van der Waals surface area contributed by atoms with Gasteiger partial charge in [0, 0.05) is 12.6 Å². The molecular weight excluding hydrogens is 226 g/mol. The molecule has 0 aliphatic carbocycles. The summed E-state index contributed by atoms with van der Waals surface area (Å²) in [5, 5.41) is 3.66. The van der Waals surface area contributed by atoms with E-state index < -0.39 is 0 Å². The summed E-state index contributed by atoms with van der Waals surface area (Å²) in [6.07, 6.45) is 3.23. The van der Waals surface area contributed by atoms with Gasteiger partial charge in [0.25, 0.3) is 0 Å². The number of aryl methyl sites for hydroxylation is 1. The Bertz CT molecular complexity index is 388. The van der Waals surface area contributed by atoms with E-state index in [0.29, 0.717) is 6.04 Å². The van der Waals surface area contributed by atoms with E-state index in [2.05, 4.69) is 32.2 Å². The summed E-state index contributed by atoms with van der Waals surface area (Å²) < 4.78 is 11.5. The van der Waals surface area contributed by atoms with E-state index in [4.69, 9.17) is 9.15 Å². The van der Waals surface area contributed by atoms with Crippen LogP contribution in [0.25, 0.3) is 0 Å². The second-order valence-corrected chi connectivity index (χ2v) is 5.68. The average molecular weight is 251 g/mol. The Morgan fingerprint density at radius 1 is 1.50 bits per heavy atom. The molecular formula is C15H25NO2. The van der Waals surface area contributed by atoms with Crippen LogP contribution in [0.15, 0.2) is 16.5 Å². The van der Waals surface area contributed by atoms with E-state index in [1.54, 1.807) is 0 Å². The minimum absolute atomic E-state index is 0.0364. The third kappa shape index (κ3) is 3.15. The molecule has 1 aliphatic heterocycles. The SMILES string of the molecule is CCC1(C)CC(NC(C)c2ccc(C)o2)CCO1. The van der Waals surface area contributed by atoms with Crippen LogP contribution in [0, 0.1) is 6.92 Å². The molecule has 102 valence electrons. The summed E-state index contributed by atoms with van der Waals surface area (Å²) in [5.74, 6) is 2.00. The summed E-state index contributed by atoms with van der Waals surface area (Å²) in [6.45, 7) is 9.41. The lowest BCUT2D eigenvalue weighted by Crippen LogP contribution is -2.45. The van der Waals surface area contributed by atoms with E-state index in [0.717, 1.165) is 37.4 Å². The molecule has 3 heteroatoms. The van der Waals surface area contributed by atoms with E-state index >= 15 is 0 Å². The lowest BCUT2D eigenvalue weighted by molar-refractivity contribution is -0.0791. The second kappa shape index (κ2) is 5.45. The molecule has 2 heterocycles. The lowest BCUT2D eigenvalue weighted by Gasteiger charge is -2.39. The van der Waals surface area contributed by atoms with Crippen LogP contribution in [0.3, 0.4) is 0 Å². The van der Waals surface area contributed by atoms with Gasteiger partial charge in [-0.25, -0.2) is 0 Å². The van der Waals surface area contributed by atoms with Crippen LogP contribution in [0.5, 0.6) is 0 Å². The van der Waals surface area contributed by atoms with Crippen LogP contribution < -0.4 is 5.32 Å². The molecule has 3 nitrogen and oxygen atoms in total. The highest BCUT2D eigenvalue weighted by atomic mass is 16.5. The molecule has 1 saturated heterocycles. The molecule has 1 N–H and O–H groups in total. The maximum atomic E-state index is 5.87. The first-order valence-electron chi connectivity index (χ1n) is 6.99. The third-order valence-corrected chi connectivity index (χ3v) is 4.02. The van der Waals surface area contributed by atoms with Crippen molar-refractivity contribution in [2.24, 2.45) is 0 Å². The van der Waals surface area contributed by atoms with Gasteiger partial charge < -0.3 is 14.5 Å². The van der Waals surface area contributed by atoms with Gasteiger partial charge >= 0.3 is 0 Å². The molecule has 1 aromatic rings. The quantitative estimate of drug-likeness (QED) is 0.888. The van der Waals surface area contributed by atoms with Crippen LogP contribution in [0.1, 0.15) is 57.6 Å². The number of ether oxygens (including phenoxy) is 1. The fourth-order valence-electron chi connectivity index (χ4n) is 2.64. The summed E-state index contributed by atoms with van der Waals surface area (Å²) in [7, 11) is 0. The van der Waals surface area contributed by atoms with Crippen LogP contribution in [-0.2, 0) is 4.74 Å². The predicted molar refractivity (Wildman–Crippen MR) is 72.7 cm³/mol. The molecule has 0 spiro atoms. The first kappa shape index (κ1) is 13.6. The standard InChI is InChI=1S/C15H25NO2/c1-5-15(4)10-13(8-9-17-15)16-12(3)14-7-6-11(2)18-14/h6-7,12-13,16H,5,8-10H2,1-4H3. The molecule has 1 fully saturated rings. The van der Waals surface area contributed by atoms with Gasteiger partial charge in [-0.3, -0.25) is 0 Å².